The summed E-state index contributed by atoms with van der Waals surface area (Å²) >= 11 is 5.86. The molecule has 0 fully saturated rings. The Bertz CT molecular complexity index is 451. The summed E-state index contributed by atoms with van der Waals surface area (Å²) in [6.45, 7) is 0.144. The van der Waals surface area contributed by atoms with Crippen LogP contribution < -0.4 is 10.6 Å². The van der Waals surface area contributed by atoms with Gasteiger partial charge in [-0.05, 0) is 37.6 Å². The van der Waals surface area contributed by atoms with Crippen LogP contribution in [0.25, 0.3) is 0 Å². The molecule has 3 N–H and O–H groups in total. The Kier molecular flexibility index (Phi) is 6.32. The van der Waals surface area contributed by atoms with Crippen molar-refractivity contribution in [1.82, 2.24) is 0 Å². The van der Waals surface area contributed by atoms with Crippen molar-refractivity contribution in [2.45, 2.75) is 19.3 Å². The number of nitrogens with two attached hydrogens (primary N) is 1. The van der Waals surface area contributed by atoms with E-state index in [-0.39, 0.29) is 18.9 Å². The Balaban J connectivity index is 2.82. The normalized spacial score (nSPS) is 10.2. The molecule has 1 aromatic carbocycles. The van der Waals surface area contributed by atoms with Crippen molar-refractivity contribution in [3.8, 4) is 0 Å². The van der Waals surface area contributed by atoms with Crippen LogP contribution in [0.2, 0.25) is 5.02 Å². The van der Waals surface area contributed by atoms with Crippen LogP contribution in [0.1, 0.15) is 19.3 Å². The molecule has 0 unspecified atom stereocenters. The number of carboxylic acids is 1. The van der Waals surface area contributed by atoms with Crippen molar-refractivity contribution in [1.29, 1.82) is 0 Å². The molecule has 0 aliphatic heterocycles. The first kappa shape index (κ1) is 15.5. The maximum Gasteiger partial charge on any atom is 0.323 e. The summed E-state index contributed by atoms with van der Waals surface area (Å²) in [5, 5.41) is 9.35. The zero-order valence-corrected chi connectivity index (χ0v) is 11.3. The average molecular weight is 285 g/mol. The number of nitrogens with zero attached hydrogens (tertiary/aromatic N) is 1. The van der Waals surface area contributed by atoms with E-state index in [0.717, 1.165) is 6.42 Å². The number of anilines is 1. The summed E-state index contributed by atoms with van der Waals surface area (Å²) in [5.41, 5.74) is 5.86. The Morgan fingerprint density at radius 3 is 2.63 bits per heavy atom. The van der Waals surface area contributed by atoms with Gasteiger partial charge >= 0.3 is 5.97 Å². The van der Waals surface area contributed by atoms with Crippen LogP contribution in [-0.2, 0) is 9.59 Å². The highest BCUT2D eigenvalue weighted by Gasteiger charge is 2.18. The molecular formula is C13H17ClN2O3. The van der Waals surface area contributed by atoms with Crippen LogP contribution in [0.3, 0.4) is 0 Å². The smallest absolute Gasteiger partial charge is 0.323 e. The van der Waals surface area contributed by atoms with E-state index in [2.05, 4.69) is 0 Å². The Morgan fingerprint density at radius 1 is 1.32 bits per heavy atom. The Hall–Kier alpha value is -1.59. The number of carbonyl (C=O) groups excluding carboxylic acids is 1. The standard InChI is InChI=1S/C13H17ClN2O3/c14-10-4-3-5-11(8-10)16(9-13(18)19)12(17)6-1-2-7-15/h3-5,8H,1-2,6-7,9,15H2,(H,18,19). The molecule has 0 saturated heterocycles. The predicted molar refractivity (Wildman–Crippen MR) is 74.3 cm³/mol. The van der Waals surface area contributed by atoms with Gasteiger partial charge in [0.05, 0.1) is 0 Å². The average Bonchev–Trinajstić information content (AvgIpc) is 2.36. The largest absolute Gasteiger partial charge is 0.480 e. The highest BCUT2D eigenvalue weighted by atomic mass is 35.5. The van der Waals surface area contributed by atoms with Crippen LogP contribution in [0.5, 0.6) is 0 Å². The molecule has 0 spiro atoms. The second-order valence-electron chi connectivity index (χ2n) is 4.10. The molecule has 19 heavy (non-hydrogen) atoms. The Morgan fingerprint density at radius 2 is 2.05 bits per heavy atom. The first-order valence-electron chi connectivity index (χ1n) is 6.02. The second-order valence-corrected chi connectivity index (χ2v) is 4.54. The highest BCUT2D eigenvalue weighted by Crippen LogP contribution is 2.20. The van der Waals surface area contributed by atoms with Crippen LogP contribution >= 0.6 is 11.6 Å². The van der Waals surface area contributed by atoms with Gasteiger partial charge in [0.1, 0.15) is 6.54 Å². The van der Waals surface area contributed by atoms with Crippen molar-refractivity contribution in [2.24, 2.45) is 5.73 Å². The topological polar surface area (TPSA) is 83.6 Å². The molecule has 0 heterocycles. The number of benzene rings is 1. The molecule has 6 heteroatoms. The molecule has 0 radical (unpaired) electrons. The minimum absolute atomic E-state index is 0.238. The molecule has 0 saturated carbocycles. The van der Waals surface area contributed by atoms with Gasteiger partial charge in [-0.25, -0.2) is 0 Å². The lowest BCUT2D eigenvalue weighted by molar-refractivity contribution is -0.136. The number of amides is 1. The second kappa shape index (κ2) is 7.76. The SMILES string of the molecule is NCCCCC(=O)N(CC(=O)O)c1cccc(Cl)c1. The van der Waals surface area contributed by atoms with Gasteiger partial charge in [-0.2, -0.15) is 0 Å². The molecule has 0 atom stereocenters. The van der Waals surface area contributed by atoms with Crippen LogP contribution in [0.15, 0.2) is 24.3 Å². The zero-order chi connectivity index (χ0) is 14.3. The molecule has 1 aromatic rings. The molecule has 1 rings (SSSR count). The molecule has 0 aliphatic rings. The summed E-state index contributed by atoms with van der Waals surface area (Å²) in [5.74, 6) is -1.30. The van der Waals surface area contributed by atoms with Crippen LogP contribution in [0, 0.1) is 0 Å². The maximum absolute atomic E-state index is 12.0. The summed E-state index contributed by atoms with van der Waals surface area (Å²) < 4.78 is 0. The fourth-order valence-electron chi connectivity index (χ4n) is 1.66. The van der Waals surface area contributed by atoms with Gasteiger partial charge in [-0.1, -0.05) is 17.7 Å². The molecule has 0 aliphatic carbocycles. The van der Waals surface area contributed by atoms with Crippen molar-refractivity contribution >= 4 is 29.2 Å². The summed E-state index contributed by atoms with van der Waals surface area (Å²) in [6, 6.07) is 6.59. The van der Waals surface area contributed by atoms with E-state index < -0.39 is 5.97 Å². The first-order valence-corrected chi connectivity index (χ1v) is 6.40. The third kappa shape index (κ3) is 5.28. The maximum atomic E-state index is 12.0. The van der Waals surface area contributed by atoms with Gasteiger partial charge in [-0.3, -0.25) is 9.59 Å². The van der Waals surface area contributed by atoms with Gasteiger partial charge in [-0.15, -0.1) is 0 Å². The van der Waals surface area contributed by atoms with E-state index >= 15 is 0 Å². The minimum atomic E-state index is -1.06. The molecule has 0 bridgehead atoms. The van der Waals surface area contributed by atoms with Crippen LogP contribution in [-0.4, -0.2) is 30.1 Å². The number of carbonyl (C=O) groups is 2. The zero-order valence-electron chi connectivity index (χ0n) is 10.5. The molecule has 1 amide bonds. The van der Waals surface area contributed by atoms with Crippen molar-refractivity contribution < 1.29 is 14.7 Å². The van der Waals surface area contributed by atoms with E-state index in [1.807, 2.05) is 0 Å². The number of hydrogen-bond acceptors (Lipinski definition) is 3. The molecular weight excluding hydrogens is 268 g/mol. The van der Waals surface area contributed by atoms with Crippen molar-refractivity contribution in [2.75, 3.05) is 18.0 Å². The third-order valence-corrected chi connectivity index (χ3v) is 2.79. The van der Waals surface area contributed by atoms with Crippen molar-refractivity contribution in [3.63, 3.8) is 0 Å². The van der Waals surface area contributed by atoms with Gasteiger partial charge in [0.25, 0.3) is 0 Å². The van der Waals surface area contributed by atoms with Crippen LogP contribution in [0.4, 0.5) is 5.69 Å². The number of rotatable bonds is 7. The first-order chi connectivity index (χ1) is 9.04. The fraction of sp³-hybridized carbons (Fsp3) is 0.385. The third-order valence-electron chi connectivity index (χ3n) is 2.56. The number of carboxylic acid groups (broad SMARTS) is 1. The van der Waals surface area contributed by atoms with E-state index in [1.165, 1.54) is 4.90 Å². The number of hydrogen-bond donors (Lipinski definition) is 2. The molecule has 0 aromatic heterocycles. The monoisotopic (exact) mass is 284 g/mol. The minimum Gasteiger partial charge on any atom is -0.480 e. The lowest BCUT2D eigenvalue weighted by Gasteiger charge is -2.21. The van der Waals surface area contributed by atoms with Gasteiger partial charge in [0.2, 0.25) is 5.91 Å². The van der Waals surface area contributed by atoms with E-state index in [0.29, 0.717) is 23.7 Å². The van der Waals surface area contributed by atoms with E-state index in [4.69, 9.17) is 22.4 Å². The molecule has 5 nitrogen and oxygen atoms in total. The summed E-state index contributed by atoms with van der Waals surface area (Å²) in [4.78, 5) is 24.1. The highest BCUT2D eigenvalue weighted by molar-refractivity contribution is 6.30. The van der Waals surface area contributed by atoms with Gasteiger partial charge in [0.15, 0.2) is 0 Å². The quantitative estimate of drug-likeness (QED) is 0.749. The predicted octanol–water partition coefficient (Wildman–Crippen LogP) is 1.89. The van der Waals surface area contributed by atoms with E-state index in [9.17, 15) is 9.59 Å². The Labute approximate surface area is 117 Å². The number of aliphatic carboxylic acids is 1. The lowest BCUT2D eigenvalue weighted by atomic mass is 10.2. The summed E-state index contributed by atoms with van der Waals surface area (Å²) in [6.07, 6.45) is 1.66. The summed E-state index contributed by atoms with van der Waals surface area (Å²) in [7, 11) is 0. The van der Waals surface area contributed by atoms with Gasteiger partial charge in [0, 0.05) is 17.1 Å². The van der Waals surface area contributed by atoms with E-state index in [1.54, 1.807) is 24.3 Å². The number of unbranched alkanes of at least 4 members (excludes halogenated alkanes) is 1. The number of halogens is 1. The molecule has 104 valence electrons. The van der Waals surface area contributed by atoms with Gasteiger partial charge < -0.3 is 15.7 Å². The van der Waals surface area contributed by atoms with Crippen molar-refractivity contribution in [3.05, 3.63) is 29.3 Å². The fourth-order valence-corrected chi connectivity index (χ4v) is 1.84. The lowest BCUT2D eigenvalue weighted by Crippen LogP contribution is -2.35.